The van der Waals surface area contributed by atoms with E-state index in [1.165, 1.54) is 19.3 Å². The van der Waals surface area contributed by atoms with Crippen molar-refractivity contribution in [3.63, 3.8) is 0 Å². The van der Waals surface area contributed by atoms with Gasteiger partial charge in [-0.15, -0.1) is 0 Å². The molecule has 0 amide bonds. The van der Waals surface area contributed by atoms with Gasteiger partial charge < -0.3 is 9.47 Å². The average molecular weight is 386 g/mol. The molecule has 0 bridgehead atoms. The summed E-state index contributed by atoms with van der Waals surface area (Å²) in [4.78, 5) is 12.5. The number of esters is 1. The Kier molecular flexibility index (Phi) is 9.34. The number of nitrogens with zero attached hydrogens (tertiary/aromatic N) is 1. The third kappa shape index (κ3) is 6.86. The number of nitriles is 1. The van der Waals surface area contributed by atoms with Crippen molar-refractivity contribution >= 4 is 5.97 Å². The molecule has 1 aliphatic rings. The van der Waals surface area contributed by atoms with Crippen molar-refractivity contribution in [2.45, 2.75) is 84.5 Å². The van der Waals surface area contributed by atoms with Crippen molar-refractivity contribution in [1.29, 1.82) is 5.26 Å². The molecule has 0 spiro atoms. The van der Waals surface area contributed by atoms with Crippen LogP contribution in [0.5, 0.6) is 11.5 Å². The lowest BCUT2D eigenvalue weighted by Crippen LogP contribution is -2.31. The summed E-state index contributed by atoms with van der Waals surface area (Å²) in [5.74, 6) is 1.09. The van der Waals surface area contributed by atoms with Crippen LogP contribution >= 0.6 is 0 Å². The van der Waals surface area contributed by atoms with Crippen LogP contribution in [0.4, 0.5) is 0 Å². The monoisotopic (exact) mass is 385 g/mol. The summed E-state index contributed by atoms with van der Waals surface area (Å²) in [6.45, 7) is 5.03. The summed E-state index contributed by atoms with van der Waals surface area (Å²) in [5.41, 5.74) is -0.234. The van der Waals surface area contributed by atoms with Gasteiger partial charge in [0.1, 0.15) is 11.5 Å². The topological polar surface area (TPSA) is 59.3 Å². The fourth-order valence-electron chi connectivity index (χ4n) is 3.85. The maximum absolute atomic E-state index is 12.5. The first-order valence-corrected chi connectivity index (χ1v) is 11.0. The SMILES string of the molecule is CCCCCC[C@]1(C#N)CC[C@H](C(=O)Oc2ccc(OCCCC)cc2)CC1. The first kappa shape index (κ1) is 22.3. The van der Waals surface area contributed by atoms with Gasteiger partial charge in [0.25, 0.3) is 0 Å². The van der Waals surface area contributed by atoms with E-state index in [9.17, 15) is 10.1 Å². The Labute approximate surface area is 170 Å². The number of ether oxygens (including phenoxy) is 2. The molecule has 4 nitrogen and oxygen atoms in total. The largest absolute Gasteiger partial charge is 0.494 e. The Morgan fingerprint density at radius 3 is 2.29 bits per heavy atom. The van der Waals surface area contributed by atoms with Crippen LogP contribution in [0.1, 0.15) is 84.5 Å². The van der Waals surface area contributed by atoms with Gasteiger partial charge in [0.2, 0.25) is 0 Å². The van der Waals surface area contributed by atoms with E-state index in [2.05, 4.69) is 19.9 Å². The molecule has 0 heterocycles. The first-order chi connectivity index (χ1) is 13.6. The van der Waals surface area contributed by atoms with Crippen molar-refractivity contribution in [3.8, 4) is 17.6 Å². The van der Waals surface area contributed by atoms with Crippen LogP contribution in [0, 0.1) is 22.7 Å². The van der Waals surface area contributed by atoms with Crippen LogP contribution in [0.15, 0.2) is 24.3 Å². The fourth-order valence-corrected chi connectivity index (χ4v) is 3.85. The summed E-state index contributed by atoms with van der Waals surface area (Å²) in [6, 6.07) is 9.83. The van der Waals surface area contributed by atoms with E-state index in [1.54, 1.807) is 12.1 Å². The van der Waals surface area contributed by atoms with Gasteiger partial charge in [0.05, 0.1) is 24.0 Å². The van der Waals surface area contributed by atoms with E-state index in [4.69, 9.17) is 9.47 Å². The minimum atomic E-state index is -0.234. The van der Waals surface area contributed by atoms with Crippen LogP contribution in [0.2, 0.25) is 0 Å². The Hall–Kier alpha value is -2.02. The molecule has 0 unspecified atom stereocenters. The number of carbonyl (C=O) groups excluding carboxylic acids is 1. The molecule has 28 heavy (non-hydrogen) atoms. The van der Waals surface area contributed by atoms with E-state index in [0.29, 0.717) is 12.4 Å². The highest BCUT2D eigenvalue weighted by Crippen LogP contribution is 2.42. The number of hydrogen-bond acceptors (Lipinski definition) is 4. The van der Waals surface area contributed by atoms with Crippen molar-refractivity contribution < 1.29 is 14.3 Å². The number of rotatable bonds is 11. The molecule has 1 saturated carbocycles. The first-order valence-electron chi connectivity index (χ1n) is 11.0. The number of unbranched alkanes of at least 4 members (excludes halogenated alkanes) is 4. The molecular weight excluding hydrogens is 350 g/mol. The minimum Gasteiger partial charge on any atom is -0.494 e. The second kappa shape index (κ2) is 11.7. The predicted molar refractivity (Wildman–Crippen MR) is 111 cm³/mol. The molecule has 2 rings (SSSR count). The minimum absolute atomic E-state index is 0.0994. The number of carbonyl (C=O) groups is 1. The summed E-state index contributed by atoms with van der Waals surface area (Å²) in [6.07, 6.45) is 11.0. The van der Waals surface area contributed by atoms with Gasteiger partial charge in [0, 0.05) is 0 Å². The van der Waals surface area contributed by atoms with Crippen molar-refractivity contribution in [2.75, 3.05) is 6.61 Å². The molecule has 0 aliphatic heterocycles. The lowest BCUT2D eigenvalue weighted by atomic mass is 9.69. The Morgan fingerprint density at radius 1 is 1.04 bits per heavy atom. The van der Waals surface area contributed by atoms with Gasteiger partial charge in [-0.05, 0) is 62.8 Å². The molecule has 1 aromatic rings. The maximum Gasteiger partial charge on any atom is 0.314 e. The van der Waals surface area contributed by atoms with Crippen LogP contribution < -0.4 is 9.47 Å². The Bertz CT molecular complexity index is 624. The van der Waals surface area contributed by atoms with Gasteiger partial charge in [-0.1, -0.05) is 46.0 Å². The zero-order valence-corrected chi connectivity index (χ0v) is 17.5. The molecule has 0 aromatic heterocycles. The second-order valence-corrected chi connectivity index (χ2v) is 8.07. The molecule has 0 atom stereocenters. The van der Waals surface area contributed by atoms with Crippen LogP contribution in [-0.2, 0) is 4.79 Å². The van der Waals surface area contributed by atoms with Crippen LogP contribution in [0.25, 0.3) is 0 Å². The maximum atomic E-state index is 12.5. The van der Waals surface area contributed by atoms with Gasteiger partial charge in [-0.3, -0.25) is 4.79 Å². The van der Waals surface area contributed by atoms with Crippen LogP contribution in [-0.4, -0.2) is 12.6 Å². The van der Waals surface area contributed by atoms with E-state index in [1.807, 2.05) is 12.1 Å². The quantitative estimate of drug-likeness (QED) is 0.250. The summed E-state index contributed by atoms with van der Waals surface area (Å²) >= 11 is 0. The lowest BCUT2D eigenvalue weighted by molar-refractivity contribution is -0.140. The summed E-state index contributed by atoms with van der Waals surface area (Å²) in [7, 11) is 0. The van der Waals surface area contributed by atoms with E-state index in [-0.39, 0.29) is 17.3 Å². The third-order valence-corrected chi connectivity index (χ3v) is 5.83. The number of benzene rings is 1. The highest BCUT2D eigenvalue weighted by Gasteiger charge is 2.37. The molecule has 0 radical (unpaired) electrons. The molecule has 4 heteroatoms. The summed E-state index contributed by atoms with van der Waals surface area (Å²) < 4.78 is 11.2. The second-order valence-electron chi connectivity index (χ2n) is 8.07. The van der Waals surface area contributed by atoms with E-state index in [0.717, 1.165) is 57.1 Å². The highest BCUT2D eigenvalue weighted by atomic mass is 16.5. The van der Waals surface area contributed by atoms with E-state index >= 15 is 0 Å². The number of hydrogen-bond donors (Lipinski definition) is 0. The molecule has 1 fully saturated rings. The molecular formula is C24H35NO3. The van der Waals surface area contributed by atoms with Crippen molar-refractivity contribution in [2.24, 2.45) is 11.3 Å². The summed E-state index contributed by atoms with van der Waals surface area (Å²) in [5, 5.41) is 9.68. The zero-order valence-electron chi connectivity index (χ0n) is 17.5. The van der Waals surface area contributed by atoms with Gasteiger partial charge in [-0.25, -0.2) is 0 Å². The Balaban J connectivity index is 1.79. The Morgan fingerprint density at radius 2 is 1.68 bits per heavy atom. The zero-order chi connectivity index (χ0) is 20.2. The highest BCUT2D eigenvalue weighted by molar-refractivity contribution is 5.75. The molecule has 0 N–H and O–H groups in total. The molecule has 0 saturated heterocycles. The predicted octanol–water partition coefficient (Wildman–Crippen LogP) is 6.44. The van der Waals surface area contributed by atoms with Crippen molar-refractivity contribution in [3.05, 3.63) is 24.3 Å². The smallest absolute Gasteiger partial charge is 0.314 e. The van der Waals surface area contributed by atoms with Gasteiger partial charge >= 0.3 is 5.97 Å². The lowest BCUT2D eigenvalue weighted by Gasteiger charge is -2.34. The molecule has 1 aliphatic carbocycles. The van der Waals surface area contributed by atoms with E-state index < -0.39 is 0 Å². The third-order valence-electron chi connectivity index (χ3n) is 5.83. The van der Waals surface area contributed by atoms with Crippen LogP contribution in [0.3, 0.4) is 0 Å². The normalized spacial score (nSPS) is 21.7. The van der Waals surface area contributed by atoms with Crippen molar-refractivity contribution in [1.82, 2.24) is 0 Å². The molecule has 154 valence electrons. The van der Waals surface area contributed by atoms with Gasteiger partial charge in [-0.2, -0.15) is 5.26 Å². The standard InChI is InChI=1S/C24H35NO3/c1-3-5-7-8-15-24(19-25)16-13-20(14-17-24)23(26)28-22-11-9-21(10-12-22)27-18-6-4-2/h9-12,20H,3-8,13-18H2,1-2H3/t20-,24-. The molecule has 1 aromatic carbocycles. The fraction of sp³-hybridized carbons (Fsp3) is 0.667. The van der Waals surface area contributed by atoms with Gasteiger partial charge in [0.15, 0.2) is 0 Å². The average Bonchev–Trinajstić information content (AvgIpc) is 2.73.